The van der Waals surface area contributed by atoms with Crippen molar-refractivity contribution >= 4 is 34.8 Å². The van der Waals surface area contributed by atoms with E-state index < -0.39 is 12.0 Å². The van der Waals surface area contributed by atoms with E-state index in [2.05, 4.69) is 4.98 Å². The molecular weight excluding hydrogens is 252 g/mol. The second-order valence-corrected chi connectivity index (χ2v) is 4.74. The maximum absolute atomic E-state index is 11.3. The number of rotatable bonds is 4. The number of likely N-dealkylation sites (N-methyl/N-ethyl adjacent to an activating group) is 1. The summed E-state index contributed by atoms with van der Waals surface area (Å²) in [5, 5.41) is 9.43. The van der Waals surface area contributed by atoms with Crippen LogP contribution in [-0.4, -0.2) is 33.4 Å². The van der Waals surface area contributed by atoms with Crippen LogP contribution in [0, 0.1) is 0 Å². The van der Waals surface area contributed by atoms with Gasteiger partial charge in [-0.1, -0.05) is 11.6 Å². The molecule has 5 nitrogen and oxygen atoms in total. The van der Waals surface area contributed by atoms with Crippen molar-refractivity contribution < 1.29 is 14.7 Å². The van der Waals surface area contributed by atoms with Gasteiger partial charge in [0.05, 0.1) is 6.20 Å². The van der Waals surface area contributed by atoms with Crippen molar-refractivity contribution in [3.63, 3.8) is 0 Å². The van der Waals surface area contributed by atoms with E-state index in [-0.39, 0.29) is 5.91 Å². The third-order valence-electron chi connectivity index (χ3n) is 2.02. The average Bonchev–Trinajstić information content (AvgIpc) is 2.59. The summed E-state index contributed by atoms with van der Waals surface area (Å²) in [6.45, 7) is 3.35. The molecule has 0 spiro atoms. The lowest BCUT2D eigenvalue weighted by Gasteiger charge is -2.24. The largest absolute Gasteiger partial charge is 0.479 e. The van der Waals surface area contributed by atoms with Crippen LogP contribution in [0.1, 0.15) is 24.9 Å². The van der Waals surface area contributed by atoms with Gasteiger partial charge < -0.3 is 10.0 Å². The molecule has 0 radical (unpaired) electrons. The first-order valence-electron chi connectivity index (χ1n) is 4.58. The van der Waals surface area contributed by atoms with E-state index in [9.17, 15) is 9.59 Å². The number of hydrogen-bond donors (Lipinski definition) is 1. The van der Waals surface area contributed by atoms with Gasteiger partial charge in [-0.15, -0.1) is 11.3 Å². The molecule has 7 heteroatoms. The number of amides is 1. The van der Waals surface area contributed by atoms with E-state index in [0.717, 1.165) is 11.3 Å². The number of carboxylic acids is 1. The van der Waals surface area contributed by atoms with Crippen molar-refractivity contribution in [2.24, 2.45) is 0 Å². The van der Waals surface area contributed by atoms with Gasteiger partial charge in [0, 0.05) is 13.5 Å². The molecule has 1 aromatic heterocycles. The molecule has 1 rings (SSSR count). The molecule has 0 aliphatic carbocycles. The average molecular weight is 263 g/mol. The third kappa shape index (κ3) is 2.70. The number of thiazole rings is 1. The summed E-state index contributed by atoms with van der Waals surface area (Å²) in [4.78, 5) is 27.6. The van der Waals surface area contributed by atoms with Crippen molar-refractivity contribution in [3.05, 3.63) is 15.5 Å². The Labute approximate surface area is 102 Å². The first-order valence-corrected chi connectivity index (χ1v) is 5.78. The number of aromatic nitrogens is 1. The summed E-state index contributed by atoms with van der Waals surface area (Å²) in [6, 6.07) is -1.06. The molecule has 0 aromatic carbocycles. The molecule has 0 aliphatic rings. The highest BCUT2D eigenvalue weighted by atomic mass is 35.5. The van der Waals surface area contributed by atoms with Crippen LogP contribution in [0.25, 0.3) is 0 Å². The van der Waals surface area contributed by atoms with Crippen molar-refractivity contribution in [2.45, 2.75) is 19.9 Å². The van der Waals surface area contributed by atoms with Crippen LogP contribution in [0.15, 0.2) is 6.20 Å². The summed E-state index contributed by atoms with van der Waals surface area (Å²) < 4.78 is 0.404. The van der Waals surface area contributed by atoms with Crippen molar-refractivity contribution in [1.29, 1.82) is 0 Å². The topological polar surface area (TPSA) is 70.5 Å². The fourth-order valence-electron chi connectivity index (χ4n) is 1.35. The maximum Gasteiger partial charge on any atom is 0.333 e. The Morgan fingerprint density at radius 3 is 2.62 bits per heavy atom. The van der Waals surface area contributed by atoms with Gasteiger partial charge in [0.2, 0.25) is 5.91 Å². The quantitative estimate of drug-likeness (QED) is 0.898. The summed E-state index contributed by atoms with van der Waals surface area (Å²) >= 11 is 6.76. The molecule has 0 aliphatic heterocycles. The number of halogens is 1. The molecule has 1 atom stereocenters. The van der Waals surface area contributed by atoms with E-state index in [0.29, 0.717) is 15.9 Å². The van der Waals surface area contributed by atoms with Gasteiger partial charge in [-0.3, -0.25) is 4.79 Å². The molecular formula is C9H11ClN2O3S. The molecule has 0 saturated carbocycles. The Morgan fingerprint density at radius 2 is 2.31 bits per heavy atom. The van der Waals surface area contributed by atoms with Crippen LogP contribution in [0.5, 0.6) is 0 Å². The fraction of sp³-hybridized carbons (Fsp3) is 0.444. The molecule has 1 unspecified atom stereocenters. The van der Waals surface area contributed by atoms with E-state index >= 15 is 0 Å². The van der Waals surface area contributed by atoms with Crippen LogP contribution in [-0.2, 0) is 9.59 Å². The number of carbonyl (C=O) groups is 2. The lowest BCUT2D eigenvalue weighted by molar-refractivity contribution is -0.149. The standard InChI is InChI=1S/C9H11ClN2O3S/c1-3-12(5(2)13)7(9(14)15)8-11-4-6(10)16-8/h4,7H,3H2,1-2H3,(H,14,15). The lowest BCUT2D eigenvalue weighted by Crippen LogP contribution is -2.37. The second kappa shape index (κ2) is 5.27. The van der Waals surface area contributed by atoms with Gasteiger partial charge in [-0.2, -0.15) is 0 Å². The molecule has 1 heterocycles. The summed E-state index contributed by atoms with van der Waals surface area (Å²) in [7, 11) is 0. The fourth-order valence-corrected chi connectivity index (χ4v) is 2.39. The number of carbonyl (C=O) groups excluding carboxylic acids is 1. The lowest BCUT2D eigenvalue weighted by atomic mass is 10.2. The van der Waals surface area contributed by atoms with Gasteiger partial charge in [-0.25, -0.2) is 9.78 Å². The second-order valence-electron chi connectivity index (χ2n) is 3.05. The Bertz CT molecular complexity index is 407. The van der Waals surface area contributed by atoms with Gasteiger partial charge in [0.25, 0.3) is 0 Å². The normalized spacial score (nSPS) is 12.2. The molecule has 0 fully saturated rings. The van der Waals surface area contributed by atoms with Gasteiger partial charge in [0.1, 0.15) is 9.34 Å². The molecule has 0 bridgehead atoms. The zero-order valence-corrected chi connectivity index (χ0v) is 10.4. The maximum atomic E-state index is 11.3. The molecule has 16 heavy (non-hydrogen) atoms. The van der Waals surface area contributed by atoms with Crippen LogP contribution >= 0.6 is 22.9 Å². The summed E-state index contributed by atoms with van der Waals surface area (Å²) in [6.07, 6.45) is 1.38. The molecule has 1 aromatic rings. The first kappa shape index (κ1) is 12.9. The molecule has 1 N–H and O–H groups in total. The van der Waals surface area contributed by atoms with E-state index in [1.165, 1.54) is 18.0 Å². The van der Waals surface area contributed by atoms with Crippen LogP contribution in [0.3, 0.4) is 0 Å². The zero-order chi connectivity index (χ0) is 12.3. The number of aliphatic carboxylic acids is 1. The number of carboxylic acid groups (broad SMARTS) is 1. The SMILES string of the molecule is CCN(C(C)=O)C(C(=O)O)c1ncc(Cl)s1. The van der Waals surface area contributed by atoms with Crippen molar-refractivity contribution in [1.82, 2.24) is 9.88 Å². The van der Waals surface area contributed by atoms with E-state index in [1.807, 2.05) is 0 Å². The Hall–Kier alpha value is -1.14. The highest BCUT2D eigenvalue weighted by molar-refractivity contribution is 7.16. The smallest absolute Gasteiger partial charge is 0.333 e. The van der Waals surface area contributed by atoms with Crippen molar-refractivity contribution in [3.8, 4) is 0 Å². The minimum absolute atomic E-state index is 0.304. The van der Waals surface area contributed by atoms with Crippen LogP contribution in [0.2, 0.25) is 4.34 Å². The molecule has 0 saturated heterocycles. The monoisotopic (exact) mass is 262 g/mol. The van der Waals surface area contributed by atoms with E-state index in [4.69, 9.17) is 16.7 Å². The molecule has 1 amide bonds. The zero-order valence-electron chi connectivity index (χ0n) is 8.81. The van der Waals surface area contributed by atoms with Crippen molar-refractivity contribution in [2.75, 3.05) is 6.54 Å². The highest BCUT2D eigenvalue weighted by Crippen LogP contribution is 2.28. The third-order valence-corrected chi connectivity index (χ3v) is 3.19. The summed E-state index contributed by atoms with van der Waals surface area (Å²) in [5.74, 6) is -1.41. The summed E-state index contributed by atoms with van der Waals surface area (Å²) in [5.41, 5.74) is 0. The van der Waals surface area contributed by atoms with Gasteiger partial charge in [0.15, 0.2) is 6.04 Å². The minimum Gasteiger partial charge on any atom is -0.479 e. The predicted octanol–water partition coefficient (Wildman–Crippen LogP) is 1.79. The number of nitrogens with zero attached hydrogens (tertiary/aromatic N) is 2. The van der Waals surface area contributed by atoms with Gasteiger partial charge in [-0.05, 0) is 6.92 Å². The highest BCUT2D eigenvalue weighted by Gasteiger charge is 2.30. The Morgan fingerprint density at radius 1 is 1.69 bits per heavy atom. The minimum atomic E-state index is -1.11. The Balaban J connectivity index is 3.08. The van der Waals surface area contributed by atoms with Crippen LogP contribution < -0.4 is 0 Å². The number of hydrogen-bond acceptors (Lipinski definition) is 4. The predicted molar refractivity (Wildman–Crippen MR) is 60.6 cm³/mol. The Kier molecular flexibility index (Phi) is 4.26. The van der Waals surface area contributed by atoms with E-state index in [1.54, 1.807) is 6.92 Å². The first-order chi connectivity index (χ1) is 7.47. The van der Waals surface area contributed by atoms with Crippen LogP contribution in [0.4, 0.5) is 0 Å². The van der Waals surface area contributed by atoms with Gasteiger partial charge >= 0.3 is 5.97 Å². The molecule has 88 valence electrons.